The molecule has 0 fully saturated rings. The first-order valence-corrected chi connectivity index (χ1v) is 6.60. The zero-order valence-corrected chi connectivity index (χ0v) is 11.3. The van der Waals surface area contributed by atoms with E-state index in [0.29, 0.717) is 17.8 Å². The Balaban J connectivity index is 2.39. The molecule has 0 aromatic heterocycles. The summed E-state index contributed by atoms with van der Waals surface area (Å²) in [4.78, 5) is 0. The minimum atomic E-state index is -1.44. The molecule has 3 nitrogen and oxygen atoms in total. The molecule has 1 aromatic carbocycles. The summed E-state index contributed by atoms with van der Waals surface area (Å²) in [5.74, 6) is 1.58. The maximum absolute atomic E-state index is 9.02. The average Bonchev–Trinajstić information content (AvgIpc) is 2.23. The first kappa shape index (κ1) is 14.4. The molecule has 0 saturated heterocycles. The van der Waals surface area contributed by atoms with E-state index in [1.165, 1.54) is 0 Å². The Bertz CT molecular complexity index is 350. The summed E-state index contributed by atoms with van der Waals surface area (Å²) in [7, 11) is -1.44. The molecule has 0 spiro atoms. The Labute approximate surface area is 107 Å². The van der Waals surface area contributed by atoms with Gasteiger partial charge < -0.3 is 14.8 Å². The fraction of sp³-hybridized carbons (Fsp3) is 0.500. The molecule has 2 N–H and O–H groups in total. The predicted octanol–water partition coefficient (Wildman–Crippen LogP) is 1.28. The quantitative estimate of drug-likeness (QED) is 0.614. The van der Waals surface area contributed by atoms with Crippen LogP contribution in [0.5, 0.6) is 5.75 Å². The van der Waals surface area contributed by atoms with Crippen LogP contribution < -0.4 is 10.2 Å². The molecule has 0 saturated carbocycles. The van der Waals surface area contributed by atoms with Crippen LogP contribution in [0.25, 0.3) is 0 Å². The highest BCUT2D eigenvalue weighted by Crippen LogP contribution is 2.22. The number of thioether (sulfide) groups is 1. The first-order chi connectivity index (χ1) is 7.88. The van der Waals surface area contributed by atoms with E-state index in [1.54, 1.807) is 18.2 Å². The standard InChI is InChI=1S/C12H19BO3S/c1-12(2,3)17-8-7-16-11-6-4-5-10(9-11)13(14)15/h4-6,9,14-15H,7-8H2,1-3H3. The zero-order chi connectivity index (χ0) is 12.9. The van der Waals surface area contributed by atoms with Crippen LogP contribution in [0.1, 0.15) is 20.8 Å². The van der Waals surface area contributed by atoms with Crippen LogP contribution in [0, 0.1) is 0 Å². The highest BCUT2D eigenvalue weighted by molar-refractivity contribution is 8.00. The van der Waals surface area contributed by atoms with Crippen LogP contribution in [-0.2, 0) is 0 Å². The van der Waals surface area contributed by atoms with Gasteiger partial charge in [-0.25, -0.2) is 0 Å². The van der Waals surface area contributed by atoms with Crippen molar-refractivity contribution in [1.82, 2.24) is 0 Å². The van der Waals surface area contributed by atoms with Gasteiger partial charge in [0.1, 0.15) is 5.75 Å². The Hall–Kier alpha value is -0.645. The van der Waals surface area contributed by atoms with Gasteiger partial charge in [0.25, 0.3) is 0 Å². The molecule has 0 aliphatic heterocycles. The van der Waals surface area contributed by atoms with Crippen molar-refractivity contribution >= 4 is 24.3 Å². The molecule has 0 heterocycles. The summed E-state index contributed by atoms with van der Waals surface area (Å²) in [5, 5.41) is 18.0. The van der Waals surface area contributed by atoms with Crippen molar-refractivity contribution in [1.29, 1.82) is 0 Å². The summed E-state index contributed by atoms with van der Waals surface area (Å²) in [6.07, 6.45) is 0. The van der Waals surface area contributed by atoms with E-state index in [9.17, 15) is 0 Å². The molecule has 0 atom stereocenters. The maximum Gasteiger partial charge on any atom is 0.488 e. The summed E-state index contributed by atoms with van der Waals surface area (Å²) in [5.41, 5.74) is 0.450. The fourth-order valence-electron chi connectivity index (χ4n) is 1.27. The van der Waals surface area contributed by atoms with Crippen LogP contribution >= 0.6 is 11.8 Å². The molecular formula is C12H19BO3S. The maximum atomic E-state index is 9.02. The van der Waals surface area contributed by atoms with E-state index in [1.807, 2.05) is 17.8 Å². The van der Waals surface area contributed by atoms with Crippen molar-refractivity contribution in [2.24, 2.45) is 0 Å². The Morgan fingerprint density at radius 1 is 1.29 bits per heavy atom. The number of hydrogen-bond donors (Lipinski definition) is 2. The second-order valence-corrected chi connectivity index (χ2v) is 6.68. The molecule has 0 amide bonds. The third-order valence-corrected chi connectivity index (χ3v) is 3.28. The zero-order valence-electron chi connectivity index (χ0n) is 10.5. The average molecular weight is 254 g/mol. The summed E-state index contributed by atoms with van der Waals surface area (Å²) < 4.78 is 5.79. The molecule has 0 aliphatic carbocycles. The van der Waals surface area contributed by atoms with Crippen molar-refractivity contribution < 1.29 is 14.8 Å². The normalized spacial score (nSPS) is 11.4. The molecule has 1 rings (SSSR count). The van der Waals surface area contributed by atoms with E-state index in [0.717, 1.165) is 5.75 Å². The molecule has 0 unspecified atom stereocenters. The van der Waals surface area contributed by atoms with E-state index in [2.05, 4.69) is 20.8 Å². The van der Waals surface area contributed by atoms with Gasteiger partial charge in [0.2, 0.25) is 0 Å². The van der Waals surface area contributed by atoms with Gasteiger partial charge in [-0.1, -0.05) is 32.9 Å². The van der Waals surface area contributed by atoms with Gasteiger partial charge in [0, 0.05) is 10.5 Å². The fourth-order valence-corrected chi connectivity index (χ4v) is 2.05. The minimum Gasteiger partial charge on any atom is -0.493 e. The second kappa shape index (κ2) is 6.33. The van der Waals surface area contributed by atoms with Crippen molar-refractivity contribution in [2.75, 3.05) is 12.4 Å². The van der Waals surface area contributed by atoms with E-state index >= 15 is 0 Å². The van der Waals surface area contributed by atoms with Crippen LogP contribution in [-0.4, -0.2) is 34.3 Å². The van der Waals surface area contributed by atoms with Crippen LogP contribution in [0.2, 0.25) is 0 Å². The van der Waals surface area contributed by atoms with Gasteiger partial charge in [-0.3, -0.25) is 0 Å². The van der Waals surface area contributed by atoms with E-state index < -0.39 is 7.12 Å². The van der Waals surface area contributed by atoms with E-state index in [4.69, 9.17) is 14.8 Å². The lowest BCUT2D eigenvalue weighted by Crippen LogP contribution is -2.29. The van der Waals surface area contributed by atoms with Gasteiger partial charge in [-0.15, -0.1) is 0 Å². The van der Waals surface area contributed by atoms with Gasteiger partial charge in [0.15, 0.2) is 0 Å². The molecule has 5 heteroatoms. The third kappa shape index (κ3) is 6.01. The number of ether oxygens (including phenoxy) is 1. The smallest absolute Gasteiger partial charge is 0.488 e. The highest BCUT2D eigenvalue weighted by Gasteiger charge is 2.12. The van der Waals surface area contributed by atoms with Gasteiger partial charge in [-0.2, -0.15) is 11.8 Å². The lowest BCUT2D eigenvalue weighted by atomic mass is 9.80. The first-order valence-electron chi connectivity index (χ1n) is 5.61. The van der Waals surface area contributed by atoms with Crippen molar-refractivity contribution in [3.05, 3.63) is 24.3 Å². The molecule has 1 aromatic rings. The lowest BCUT2D eigenvalue weighted by molar-refractivity contribution is 0.343. The summed E-state index contributed by atoms with van der Waals surface area (Å²) in [6, 6.07) is 6.86. The lowest BCUT2D eigenvalue weighted by Gasteiger charge is -2.17. The Morgan fingerprint density at radius 2 is 2.00 bits per heavy atom. The van der Waals surface area contributed by atoms with Crippen molar-refractivity contribution in [2.45, 2.75) is 25.5 Å². The van der Waals surface area contributed by atoms with E-state index in [-0.39, 0.29) is 4.75 Å². The Kier molecular flexibility index (Phi) is 5.37. The van der Waals surface area contributed by atoms with Crippen LogP contribution in [0.4, 0.5) is 0 Å². The summed E-state index contributed by atoms with van der Waals surface area (Å²) >= 11 is 1.84. The van der Waals surface area contributed by atoms with Crippen molar-refractivity contribution in [3.63, 3.8) is 0 Å². The molecule has 17 heavy (non-hydrogen) atoms. The highest BCUT2D eigenvalue weighted by atomic mass is 32.2. The molecule has 94 valence electrons. The molecule has 0 radical (unpaired) electrons. The van der Waals surface area contributed by atoms with Gasteiger partial charge in [-0.05, 0) is 17.6 Å². The predicted molar refractivity (Wildman–Crippen MR) is 74.0 cm³/mol. The largest absolute Gasteiger partial charge is 0.493 e. The van der Waals surface area contributed by atoms with Crippen LogP contribution in [0.3, 0.4) is 0 Å². The third-order valence-electron chi connectivity index (χ3n) is 2.04. The van der Waals surface area contributed by atoms with Gasteiger partial charge >= 0.3 is 7.12 Å². The molecule has 0 bridgehead atoms. The van der Waals surface area contributed by atoms with Crippen molar-refractivity contribution in [3.8, 4) is 5.75 Å². The Morgan fingerprint density at radius 3 is 2.59 bits per heavy atom. The SMILES string of the molecule is CC(C)(C)SCCOc1cccc(B(O)O)c1. The summed E-state index contributed by atoms with van der Waals surface area (Å²) in [6.45, 7) is 7.12. The molecule has 0 aliphatic rings. The second-order valence-electron chi connectivity index (χ2n) is 4.76. The molecular weight excluding hydrogens is 235 g/mol. The van der Waals surface area contributed by atoms with Gasteiger partial charge in [0.05, 0.1) is 6.61 Å². The number of rotatable bonds is 5. The topological polar surface area (TPSA) is 49.7 Å². The minimum absolute atomic E-state index is 0.243. The monoisotopic (exact) mass is 254 g/mol. The van der Waals surface area contributed by atoms with Crippen LogP contribution in [0.15, 0.2) is 24.3 Å². The number of hydrogen-bond acceptors (Lipinski definition) is 4. The number of benzene rings is 1.